The Labute approximate surface area is 78.2 Å². The van der Waals surface area contributed by atoms with E-state index in [9.17, 15) is 0 Å². The van der Waals surface area contributed by atoms with E-state index in [0.29, 0.717) is 13.2 Å². The van der Waals surface area contributed by atoms with Crippen LogP contribution < -0.4 is 0 Å². The fourth-order valence-corrected chi connectivity index (χ4v) is 0.322. The SMILES string of the molecule is C=CCOCC(C)O.[Na]. The van der Waals surface area contributed by atoms with E-state index in [0.717, 1.165) is 0 Å². The van der Waals surface area contributed by atoms with E-state index in [1.54, 1.807) is 13.0 Å². The molecule has 0 aliphatic rings. The third-order valence-electron chi connectivity index (χ3n) is 0.595. The molecule has 1 unspecified atom stereocenters. The molecule has 0 saturated heterocycles. The van der Waals surface area contributed by atoms with Crippen molar-refractivity contribution in [2.75, 3.05) is 13.2 Å². The molecule has 2 nitrogen and oxygen atoms in total. The van der Waals surface area contributed by atoms with Gasteiger partial charge in [0.1, 0.15) is 0 Å². The Kier molecular flexibility index (Phi) is 11.9. The second-order valence-electron chi connectivity index (χ2n) is 1.68. The van der Waals surface area contributed by atoms with Gasteiger partial charge in [0.2, 0.25) is 0 Å². The molecule has 0 aromatic carbocycles. The number of rotatable bonds is 4. The molecule has 1 radical (unpaired) electrons. The second-order valence-corrected chi connectivity index (χ2v) is 1.68. The Morgan fingerprint density at radius 3 is 2.67 bits per heavy atom. The van der Waals surface area contributed by atoms with Crippen molar-refractivity contribution in [2.45, 2.75) is 13.0 Å². The van der Waals surface area contributed by atoms with Gasteiger partial charge in [0.15, 0.2) is 0 Å². The molecule has 9 heavy (non-hydrogen) atoms. The van der Waals surface area contributed by atoms with Crippen molar-refractivity contribution in [1.82, 2.24) is 0 Å². The summed E-state index contributed by atoms with van der Waals surface area (Å²) in [5, 5.41) is 8.62. The molecule has 0 saturated carbocycles. The Bertz CT molecular complexity index is 64.1. The number of aliphatic hydroxyl groups is 1. The molecule has 0 amide bonds. The summed E-state index contributed by atoms with van der Waals surface area (Å²) in [6.45, 7) is 6.05. The number of hydrogen-bond acceptors (Lipinski definition) is 2. The maximum atomic E-state index is 8.62. The summed E-state index contributed by atoms with van der Waals surface area (Å²) in [7, 11) is 0. The van der Waals surface area contributed by atoms with E-state index in [4.69, 9.17) is 9.84 Å². The maximum absolute atomic E-state index is 8.62. The molecule has 3 heteroatoms. The van der Waals surface area contributed by atoms with Crippen LogP contribution in [0.3, 0.4) is 0 Å². The first-order valence-electron chi connectivity index (χ1n) is 2.64. The minimum absolute atomic E-state index is 0. The molecule has 1 atom stereocenters. The summed E-state index contributed by atoms with van der Waals surface area (Å²) >= 11 is 0. The largest absolute Gasteiger partial charge is 0.391 e. The summed E-state index contributed by atoms with van der Waals surface area (Å²) in [5.41, 5.74) is 0. The van der Waals surface area contributed by atoms with Gasteiger partial charge in [0.25, 0.3) is 0 Å². The summed E-state index contributed by atoms with van der Waals surface area (Å²) in [6, 6.07) is 0. The molecule has 0 aromatic rings. The monoisotopic (exact) mass is 139 g/mol. The quantitative estimate of drug-likeness (QED) is 0.342. The zero-order valence-electron chi connectivity index (χ0n) is 6.13. The molecule has 0 aromatic heterocycles. The van der Waals surface area contributed by atoms with Crippen LogP contribution in [0.15, 0.2) is 12.7 Å². The van der Waals surface area contributed by atoms with Gasteiger partial charge < -0.3 is 9.84 Å². The van der Waals surface area contributed by atoms with Crippen molar-refractivity contribution >= 4 is 29.6 Å². The predicted molar refractivity (Wildman–Crippen MR) is 38.5 cm³/mol. The first-order valence-corrected chi connectivity index (χ1v) is 2.64. The van der Waals surface area contributed by atoms with Crippen LogP contribution >= 0.6 is 0 Å². The van der Waals surface area contributed by atoms with Crippen LogP contribution in [0.1, 0.15) is 6.92 Å². The van der Waals surface area contributed by atoms with Crippen molar-refractivity contribution in [1.29, 1.82) is 0 Å². The number of aliphatic hydroxyl groups excluding tert-OH is 1. The van der Waals surface area contributed by atoms with Gasteiger partial charge in [-0.3, -0.25) is 0 Å². The Balaban J connectivity index is 0. The Morgan fingerprint density at radius 1 is 1.78 bits per heavy atom. The molecule has 49 valence electrons. The van der Waals surface area contributed by atoms with E-state index in [1.807, 2.05) is 0 Å². The molecule has 0 heterocycles. The topological polar surface area (TPSA) is 29.5 Å². The average Bonchev–Trinajstić information content (AvgIpc) is 1.66. The minimum Gasteiger partial charge on any atom is -0.391 e. The molecule has 0 rings (SSSR count). The number of ether oxygens (including phenoxy) is 1. The molecule has 0 spiro atoms. The molecular formula is C6H12NaO2. The van der Waals surface area contributed by atoms with Crippen LogP contribution in [0.25, 0.3) is 0 Å². The van der Waals surface area contributed by atoms with E-state index in [2.05, 4.69) is 6.58 Å². The summed E-state index contributed by atoms with van der Waals surface area (Å²) in [6.07, 6.45) is 1.29. The normalized spacial score (nSPS) is 11.8. The summed E-state index contributed by atoms with van der Waals surface area (Å²) in [5.74, 6) is 0. The zero-order valence-corrected chi connectivity index (χ0v) is 8.13. The van der Waals surface area contributed by atoms with Crippen LogP contribution in [0, 0.1) is 0 Å². The molecule has 1 N–H and O–H groups in total. The van der Waals surface area contributed by atoms with Crippen molar-refractivity contribution in [3.8, 4) is 0 Å². The number of hydrogen-bond donors (Lipinski definition) is 1. The molecule has 0 fully saturated rings. The standard InChI is InChI=1S/C6H12O2.Na/c1-3-4-8-5-6(2)7;/h3,6-7H,1,4-5H2,2H3;. The van der Waals surface area contributed by atoms with Gasteiger partial charge in [-0.15, -0.1) is 6.58 Å². The maximum Gasteiger partial charge on any atom is 0.0745 e. The van der Waals surface area contributed by atoms with E-state index in [1.165, 1.54) is 0 Å². The first kappa shape index (κ1) is 12.3. The van der Waals surface area contributed by atoms with Gasteiger partial charge in [-0.25, -0.2) is 0 Å². The summed E-state index contributed by atoms with van der Waals surface area (Å²) in [4.78, 5) is 0. The smallest absolute Gasteiger partial charge is 0.0745 e. The van der Waals surface area contributed by atoms with E-state index < -0.39 is 0 Å². The molecular weight excluding hydrogens is 127 g/mol. The first-order chi connectivity index (χ1) is 3.77. The average molecular weight is 139 g/mol. The Morgan fingerprint density at radius 2 is 2.33 bits per heavy atom. The minimum atomic E-state index is -0.366. The third kappa shape index (κ3) is 12.0. The van der Waals surface area contributed by atoms with Crippen LogP contribution in [0.4, 0.5) is 0 Å². The fraction of sp³-hybridized carbons (Fsp3) is 0.667. The van der Waals surface area contributed by atoms with Crippen LogP contribution in [-0.2, 0) is 4.74 Å². The molecule has 0 aliphatic heterocycles. The summed E-state index contributed by atoms with van der Waals surface area (Å²) < 4.78 is 4.88. The Hall–Kier alpha value is 0.660. The molecule has 0 aliphatic carbocycles. The van der Waals surface area contributed by atoms with Gasteiger partial charge >= 0.3 is 0 Å². The van der Waals surface area contributed by atoms with Gasteiger partial charge in [-0.2, -0.15) is 0 Å². The van der Waals surface area contributed by atoms with Crippen LogP contribution in [0.2, 0.25) is 0 Å². The molecule has 0 bridgehead atoms. The van der Waals surface area contributed by atoms with Crippen LogP contribution in [-0.4, -0.2) is 54.0 Å². The van der Waals surface area contributed by atoms with Crippen molar-refractivity contribution < 1.29 is 9.84 Å². The van der Waals surface area contributed by atoms with Crippen molar-refractivity contribution in [2.24, 2.45) is 0 Å². The predicted octanol–water partition coefficient (Wildman–Crippen LogP) is 0.189. The second kappa shape index (κ2) is 8.66. The van der Waals surface area contributed by atoms with Gasteiger partial charge in [0.05, 0.1) is 19.3 Å². The zero-order chi connectivity index (χ0) is 6.41. The van der Waals surface area contributed by atoms with Crippen LogP contribution in [0.5, 0.6) is 0 Å². The van der Waals surface area contributed by atoms with Gasteiger partial charge in [0, 0.05) is 29.6 Å². The van der Waals surface area contributed by atoms with Crippen molar-refractivity contribution in [3.63, 3.8) is 0 Å². The van der Waals surface area contributed by atoms with E-state index in [-0.39, 0.29) is 35.7 Å². The van der Waals surface area contributed by atoms with E-state index >= 15 is 0 Å². The fourth-order valence-electron chi connectivity index (χ4n) is 0.322. The van der Waals surface area contributed by atoms with Gasteiger partial charge in [-0.1, -0.05) is 6.08 Å². The third-order valence-corrected chi connectivity index (χ3v) is 0.595. The van der Waals surface area contributed by atoms with Gasteiger partial charge in [-0.05, 0) is 6.92 Å². The van der Waals surface area contributed by atoms with Crippen molar-refractivity contribution in [3.05, 3.63) is 12.7 Å².